The van der Waals surface area contributed by atoms with Crippen molar-refractivity contribution in [3.05, 3.63) is 64.2 Å². The van der Waals surface area contributed by atoms with Crippen LogP contribution in [0.1, 0.15) is 90.3 Å². The maximum Gasteiger partial charge on any atom is 0.338 e. The number of methoxy groups -OCH3 is 1. The Hall–Kier alpha value is -2.88. The normalized spacial score (nSPS) is 16.6. The van der Waals surface area contributed by atoms with Crippen molar-refractivity contribution in [3.63, 3.8) is 0 Å². The maximum atomic E-state index is 12.7. The molecule has 0 amide bonds. The van der Waals surface area contributed by atoms with Gasteiger partial charge in [-0.1, -0.05) is 31.4 Å². The maximum absolute atomic E-state index is 12.7. The Kier molecular flexibility index (Phi) is 6.23. The highest BCUT2D eigenvalue weighted by molar-refractivity contribution is 6.02. The molecule has 0 bridgehead atoms. The van der Waals surface area contributed by atoms with E-state index in [0.717, 1.165) is 17.4 Å². The van der Waals surface area contributed by atoms with E-state index in [1.807, 2.05) is 51.1 Å². The van der Waals surface area contributed by atoms with E-state index in [-0.39, 0.29) is 5.97 Å². The molecule has 1 saturated carbocycles. The number of esters is 1. The number of hydrogen-bond donors (Lipinski definition) is 0. The Morgan fingerprint density at radius 3 is 2.38 bits per heavy atom. The molecule has 0 N–H and O–H groups in total. The molecule has 2 aliphatic carbocycles. The van der Waals surface area contributed by atoms with E-state index in [2.05, 4.69) is 6.07 Å². The van der Waals surface area contributed by atoms with Crippen LogP contribution in [-0.4, -0.2) is 25.0 Å². The Morgan fingerprint density at radius 1 is 1.00 bits per heavy atom. The van der Waals surface area contributed by atoms with Gasteiger partial charge < -0.3 is 9.47 Å². The first kappa shape index (κ1) is 22.3. The van der Waals surface area contributed by atoms with E-state index < -0.39 is 5.60 Å². The molecule has 0 spiro atoms. The molecule has 1 fully saturated rings. The van der Waals surface area contributed by atoms with Crippen LogP contribution in [0.15, 0.2) is 36.4 Å². The van der Waals surface area contributed by atoms with Crippen LogP contribution in [0.3, 0.4) is 0 Å². The van der Waals surface area contributed by atoms with Crippen LogP contribution < -0.4 is 4.74 Å². The van der Waals surface area contributed by atoms with Gasteiger partial charge in [0.1, 0.15) is 11.4 Å². The highest BCUT2D eigenvalue weighted by atomic mass is 16.6. The smallest absolute Gasteiger partial charge is 0.338 e. The molecule has 0 aromatic heterocycles. The van der Waals surface area contributed by atoms with Gasteiger partial charge >= 0.3 is 5.97 Å². The molecular formula is C28H32O4. The molecule has 0 atom stereocenters. The van der Waals surface area contributed by atoms with Crippen LogP contribution in [0, 0.1) is 5.92 Å². The van der Waals surface area contributed by atoms with Gasteiger partial charge in [-0.25, -0.2) is 4.79 Å². The summed E-state index contributed by atoms with van der Waals surface area (Å²) < 4.78 is 10.9. The zero-order valence-corrected chi connectivity index (χ0v) is 19.5. The highest BCUT2D eigenvalue weighted by Crippen LogP contribution is 2.47. The van der Waals surface area contributed by atoms with Gasteiger partial charge in [0, 0.05) is 5.56 Å². The molecule has 0 saturated heterocycles. The predicted octanol–water partition coefficient (Wildman–Crippen LogP) is 6.51. The van der Waals surface area contributed by atoms with E-state index in [1.54, 1.807) is 7.11 Å². The summed E-state index contributed by atoms with van der Waals surface area (Å²) in [7, 11) is 1.61. The van der Waals surface area contributed by atoms with E-state index in [9.17, 15) is 9.59 Å². The van der Waals surface area contributed by atoms with Gasteiger partial charge in [0.2, 0.25) is 0 Å². The first-order valence-electron chi connectivity index (χ1n) is 11.5. The SMILES string of the molecule is COc1ccc(C2=C(C3CCCCC3)c3ccc(C(=O)OC(C)(C)C)cc3C2)c(C=O)c1. The lowest BCUT2D eigenvalue weighted by Crippen LogP contribution is -2.24. The summed E-state index contributed by atoms with van der Waals surface area (Å²) in [5.41, 5.74) is 6.57. The quantitative estimate of drug-likeness (QED) is 0.399. The van der Waals surface area contributed by atoms with Crippen LogP contribution in [-0.2, 0) is 11.2 Å². The summed E-state index contributed by atoms with van der Waals surface area (Å²) in [5, 5.41) is 0. The van der Waals surface area contributed by atoms with Crippen molar-refractivity contribution in [2.24, 2.45) is 5.92 Å². The molecule has 0 unspecified atom stereocenters. The molecule has 4 rings (SSSR count). The zero-order valence-electron chi connectivity index (χ0n) is 19.5. The van der Waals surface area contributed by atoms with Crippen molar-refractivity contribution < 1.29 is 19.1 Å². The van der Waals surface area contributed by atoms with Crippen LogP contribution in [0.5, 0.6) is 5.75 Å². The van der Waals surface area contributed by atoms with Gasteiger partial charge in [-0.2, -0.15) is 0 Å². The lowest BCUT2D eigenvalue weighted by atomic mass is 9.79. The molecule has 0 radical (unpaired) electrons. The Labute approximate surface area is 190 Å². The summed E-state index contributed by atoms with van der Waals surface area (Å²) in [6.07, 6.45) is 7.71. The minimum absolute atomic E-state index is 0.300. The number of allylic oxidation sites excluding steroid dienone is 2. The second kappa shape index (κ2) is 8.93. The Bertz CT molecular complexity index is 1070. The Morgan fingerprint density at radius 2 is 1.72 bits per heavy atom. The first-order valence-corrected chi connectivity index (χ1v) is 11.5. The van der Waals surface area contributed by atoms with Gasteiger partial charge in [-0.3, -0.25) is 4.79 Å². The molecular weight excluding hydrogens is 400 g/mol. The van der Waals surface area contributed by atoms with Gasteiger partial charge in [0.25, 0.3) is 0 Å². The summed E-state index contributed by atoms with van der Waals surface area (Å²) >= 11 is 0. The lowest BCUT2D eigenvalue weighted by molar-refractivity contribution is 0.00693. The van der Waals surface area contributed by atoms with Gasteiger partial charge in [0.15, 0.2) is 6.29 Å². The Balaban J connectivity index is 1.78. The number of hydrogen-bond acceptors (Lipinski definition) is 4. The summed E-state index contributed by atoms with van der Waals surface area (Å²) in [5.74, 6) is 0.860. The van der Waals surface area contributed by atoms with Crippen molar-refractivity contribution in [2.75, 3.05) is 7.11 Å². The second-order valence-electron chi connectivity index (χ2n) is 9.85. The zero-order chi connectivity index (χ0) is 22.9. The van der Waals surface area contributed by atoms with Crippen molar-refractivity contribution in [3.8, 4) is 5.75 Å². The molecule has 2 aromatic carbocycles. The molecule has 2 aliphatic rings. The minimum Gasteiger partial charge on any atom is -0.497 e. The number of benzene rings is 2. The molecule has 0 aliphatic heterocycles. The average molecular weight is 433 g/mol. The fourth-order valence-electron chi connectivity index (χ4n) is 5.05. The third-order valence-corrected chi connectivity index (χ3v) is 6.45. The van der Waals surface area contributed by atoms with Crippen LogP contribution in [0.2, 0.25) is 0 Å². The number of carbonyl (C=O) groups is 2. The fraction of sp³-hybridized carbons (Fsp3) is 0.429. The van der Waals surface area contributed by atoms with E-state index in [1.165, 1.54) is 48.8 Å². The van der Waals surface area contributed by atoms with E-state index in [0.29, 0.717) is 29.2 Å². The summed E-state index contributed by atoms with van der Waals surface area (Å²) in [6.45, 7) is 5.64. The third kappa shape index (κ3) is 4.50. The van der Waals surface area contributed by atoms with Crippen molar-refractivity contribution in [2.45, 2.75) is 64.9 Å². The number of rotatable bonds is 5. The summed E-state index contributed by atoms with van der Waals surface area (Å²) in [6, 6.07) is 11.7. The standard InChI is InChI=1S/C28H32O4/c1-28(2,3)32-27(30)19-10-12-24-20(14-19)16-25(26(24)18-8-6-5-7-9-18)23-13-11-22(31-4)15-21(23)17-29/h10-15,17-18H,5-9,16H2,1-4H3. The monoisotopic (exact) mass is 432 g/mol. The molecule has 2 aromatic rings. The van der Waals surface area contributed by atoms with Gasteiger partial charge in [-0.05, 0) is 98.1 Å². The van der Waals surface area contributed by atoms with Crippen LogP contribution >= 0.6 is 0 Å². The minimum atomic E-state index is -0.533. The molecule has 4 nitrogen and oxygen atoms in total. The van der Waals surface area contributed by atoms with Gasteiger partial charge in [0.05, 0.1) is 12.7 Å². The second-order valence-corrected chi connectivity index (χ2v) is 9.85. The van der Waals surface area contributed by atoms with Crippen molar-refractivity contribution in [1.82, 2.24) is 0 Å². The predicted molar refractivity (Wildman–Crippen MR) is 127 cm³/mol. The number of aldehydes is 1. The molecule has 4 heteroatoms. The first-order chi connectivity index (χ1) is 15.3. The largest absolute Gasteiger partial charge is 0.497 e. The number of carbonyl (C=O) groups excluding carboxylic acids is 2. The van der Waals surface area contributed by atoms with Gasteiger partial charge in [-0.15, -0.1) is 0 Å². The lowest BCUT2D eigenvalue weighted by Gasteiger charge is -2.26. The summed E-state index contributed by atoms with van der Waals surface area (Å²) in [4.78, 5) is 24.6. The van der Waals surface area contributed by atoms with Crippen LogP contribution in [0.25, 0.3) is 11.1 Å². The highest BCUT2D eigenvalue weighted by Gasteiger charge is 2.31. The number of ether oxygens (including phenoxy) is 2. The van der Waals surface area contributed by atoms with E-state index >= 15 is 0 Å². The molecule has 0 heterocycles. The van der Waals surface area contributed by atoms with E-state index in [4.69, 9.17) is 9.47 Å². The third-order valence-electron chi connectivity index (χ3n) is 6.45. The molecule has 168 valence electrons. The molecule has 32 heavy (non-hydrogen) atoms. The number of fused-ring (bicyclic) bond motifs is 1. The van der Waals surface area contributed by atoms with Crippen molar-refractivity contribution >= 4 is 23.4 Å². The topological polar surface area (TPSA) is 52.6 Å². The van der Waals surface area contributed by atoms with Crippen LogP contribution in [0.4, 0.5) is 0 Å². The average Bonchev–Trinajstić information content (AvgIpc) is 3.16. The fourth-order valence-corrected chi connectivity index (χ4v) is 5.05. The van der Waals surface area contributed by atoms with Crippen molar-refractivity contribution in [1.29, 1.82) is 0 Å².